The molecule has 2 N–H and O–H groups in total. The van der Waals surface area contributed by atoms with Gasteiger partial charge in [-0.1, -0.05) is 30.3 Å². The van der Waals surface area contributed by atoms with E-state index in [2.05, 4.69) is 10.9 Å². The van der Waals surface area contributed by atoms with Crippen molar-refractivity contribution in [3.8, 4) is 0 Å². The van der Waals surface area contributed by atoms with Crippen LogP contribution in [0.1, 0.15) is 31.2 Å². The number of hydrazine groups is 1. The lowest BCUT2D eigenvalue weighted by Crippen LogP contribution is -2.48. The van der Waals surface area contributed by atoms with Crippen LogP contribution in [0.2, 0.25) is 0 Å². The Bertz CT molecular complexity index is 478. The van der Waals surface area contributed by atoms with Gasteiger partial charge in [0.1, 0.15) is 6.61 Å². The Morgan fingerprint density at radius 2 is 1.86 bits per heavy atom. The first-order valence-corrected chi connectivity index (χ1v) is 7.76. The molecular formula is C16H22N2O4. The minimum absolute atomic E-state index is 0.225. The molecule has 1 aliphatic carbocycles. The number of amides is 1. The normalized spacial score (nSPS) is 20.9. The molecule has 1 aromatic rings. The van der Waals surface area contributed by atoms with E-state index in [4.69, 9.17) is 14.2 Å². The summed E-state index contributed by atoms with van der Waals surface area (Å²) in [5, 5.41) is 0. The van der Waals surface area contributed by atoms with Gasteiger partial charge >= 0.3 is 6.09 Å². The summed E-state index contributed by atoms with van der Waals surface area (Å²) in [5.41, 5.74) is 6.60. The highest BCUT2D eigenvalue weighted by molar-refractivity contribution is 5.66. The molecule has 2 aliphatic rings. The summed E-state index contributed by atoms with van der Waals surface area (Å²) in [6.45, 7) is 1.63. The molecule has 1 aliphatic heterocycles. The number of hydrogen-bond acceptors (Lipinski definition) is 5. The van der Waals surface area contributed by atoms with Crippen LogP contribution in [0, 0.1) is 0 Å². The molecule has 0 atom stereocenters. The number of rotatable bonds is 4. The van der Waals surface area contributed by atoms with Gasteiger partial charge in [-0.3, -0.25) is 5.43 Å². The molecule has 0 unspecified atom stereocenters. The lowest BCUT2D eigenvalue weighted by molar-refractivity contribution is -0.179. The fourth-order valence-electron chi connectivity index (χ4n) is 2.91. The highest BCUT2D eigenvalue weighted by Gasteiger charge is 2.40. The molecule has 6 nitrogen and oxygen atoms in total. The SMILES string of the molecule is O=C(NNC1CCC2(CC1)OCCO2)OCc1ccccc1. The third kappa shape index (κ3) is 3.97. The Morgan fingerprint density at radius 1 is 1.18 bits per heavy atom. The van der Waals surface area contributed by atoms with Crippen LogP contribution >= 0.6 is 0 Å². The summed E-state index contributed by atoms with van der Waals surface area (Å²) in [4.78, 5) is 11.7. The van der Waals surface area contributed by atoms with Gasteiger partial charge in [-0.05, 0) is 18.4 Å². The second-order valence-corrected chi connectivity index (χ2v) is 5.71. The van der Waals surface area contributed by atoms with Crippen LogP contribution in [0.5, 0.6) is 0 Å². The number of benzene rings is 1. The summed E-state index contributed by atoms with van der Waals surface area (Å²) in [6.07, 6.45) is 3.05. The molecule has 1 saturated carbocycles. The van der Waals surface area contributed by atoms with Crippen LogP contribution < -0.4 is 10.9 Å². The third-order valence-corrected chi connectivity index (χ3v) is 4.15. The van der Waals surface area contributed by atoms with E-state index in [1.54, 1.807) is 0 Å². The van der Waals surface area contributed by atoms with E-state index in [1.807, 2.05) is 30.3 Å². The molecular weight excluding hydrogens is 284 g/mol. The van der Waals surface area contributed by atoms with Gasteiger partial charge in [-0.15, -0.1) is 0 Å². The first-order chi connectivity index (χ1) is 10.8. The van der Waals surface area contributed by atoms with E-state index >= 15 is 0 Å². The highest BCUT2D eigenvalue weighted by Crippen LogP contribution is 2.35. The average Bonchev–Trinajstić information content (AvgIpc) is 3.02. The molecule has 0 radical (unpaired) electrons. The minimum atomic E-state index is -0.461. The maximum absolute atomic E-state index is 11.7. The summed E-state index contributed by atoms with van der Waals surface area (Å²) in [5.74, 6) is -0.369. The Labute approximate surface area is 130 Å². The van der Waals surface area contributed by atoms with Crippen molar-refractivity contribution in [3.63, 3.8) is 0 Å². The Kier molecular flexibility index (Phi) is 4.92. The van der Waals surface area contributed by atoms with Crippen molar-refractivity contribution in [2.75, 3.05) is 13.2 Å². The number of carbonyl (C=O) groups excluding carboxylic acids is 1. The summed E-state index contributed by atoms with van der Waals surface area (Å²) in [7, 11) is 0. The zero-order chi connectivity index (χ0) is 15.3. The first kappa shape index (κ1) is 15.3. The van der Waals surface area contributed by atoms with Gasteiger partial charge < -0.3 is 14.2 Å². The van der Waals surface area contributed by atoms with Crippen molar-refractivity contribution in [1.29, 1.82) is 0 Å². The fourth-order valence-corrected chi connectivity index (χ4v) is 2.91. The van der Waals surface area contributed by atoms with Crippen molar-refractivity contribution in [2.45, 2.75) is 44.1 Å². The van der Waals surface area contributed by atoms with Gasteiger partial charge in [0.2, 0.25) is 0 Å². The first-order valence-electron chi connectivity index (χ1n) is 7.76. The fraction of sp³-hybridized carbons (Fsp3) is 0.562. The molecule has 0 aromatic heterocycles. The molecule has 1 aromatic carbocycles. The Hall–Kier alpha value is -1.63. The average molecular weight is 306 g/mol. The van der Waals surface area contributed by atoms with E-state index in [0.717, 1.165) is 31.2 Å². The summed E-state index contributed by atoms with van der Waals surface area (Å²) in [6, 6.07) is 9.83. The molecule has 1 heterocycles. The van der Waals surface area contributed by atoms with Gasteiger partial charge in [-0.2, -0.15) is 0 Å². The number of hydrogen-bond donors (Lipinski definition) is 2. The van der Waals surface area contributed by atoms with Crippen molar-refractivity contribution in [3.05, 3.63) is 35.9 Å². The molecule has 1 amide bonds. The van der Waals surface area contributed by atoms with Gasteiger partial charge in [0.25, 0.3) is 0 Å². The Morgan fingerprint density at radius 3 is 2.55 bits per heavy atom. The topological polar surface area (TPSA) is 68.8 Å². The van der Waals surface area contributed by atoms with Gasteiger partial charge in [-0.25, -0.2) is 10.2 Å². The maximum Gasteiger partial charge on any atom is 0.421 e. The van der Waals surface area contributed by atoms with Crippen LogP contribution in [-0.2, 0) is 20.8 Å². The van der Waals surface area contributed by atoms with Crippen LogP contribution in [0.4, 0.5) is 4.79 Å². The molecule has 3 rings (SSSR count). The predicted molar refractivity (Wildman–Crippen MR) is 79.8 cm³/mol. The molecule has 1 spiro atoms. The molecule has 22 heavy (non-hydrogen) atoms. The van der Waals surface area contributed by atoms with Crippen LogP contribution in [0.15, 0.2) is 30.3 Å². The minimum Gasteiger partial charge on any atom is -0.444 e. The lowest BCUT2D eigenvalue weighted by atomic mass is 9.90. The summed E-state index contributed by atoms with van der Waals surface area (Å²) >= 11 is 0. The smallest absolute Gasteiger partial charge is 0.421 e. The second kappa shape index (κ2) is 7.09. The highest BCUT2D eigenvalue weighted by atomic mass is 16.7. The summed E-state index contributed by atoms with van der Waals surface area (Å²) < 4.78 is 16.5. The van der Waals surface area contributed by atoms with Crippen LogP contribution in [-0.4, -0.2) is 31.1 Å². The van der Waals surface area contributed by atoms with Crippen molar-refractivity contribution < 1.29 is 19.0 Å². The van der Waals surface area contributed by atoms with Gasteiger partial charge in [0.15, 0.2) is 5.79 Å². The predicted octanol–water partition coefficient (Wildman–Crippen LogP) is 2.10. The number of nitrogens with one attached hydrogen (secondary N) is 2. The van der Waals surface area contributed by atoms with Crippen molar-refractivity contribution in [1.82, 2.24) is 10.9 Å². The van der Waals surface area contributed by atoms with Crippen LogP contribution in [0.25, 0.3) is 0 Å². The van der Waals surface area contributed by atoms with E-state index in [0.29, 0.717) is 13.2 Å². The molecule has 6 heteroatoms. The molecule has 0 bridgehead atoms. The van der Waals surface area contributed by atoms with Gasteiger partial charge in [0.05, 0.1) is 13.2 Å². The zero-order valence-corrected chi connectivity index (χ0v) is 12.5. The third-order valence-electron chi connectivity index (χ3n) is 4.15. The van der Waals surface area contributed by atoms with E-state index in [-0.39, 0.29) is 18.4 Å². The van der Waals surface area contributed by atoms with E-state index in [1.165, 1.54) is 0 Å². The number of carbonyl (C=O) groups is 1. The molecule has 120 valence electrons. The second-order valence-electron chi connectivity index (χ2n) is 5.71. The van der Waals surface area contributed by atoms with Crippen LogP contribution in [0.3, 0.4) is 0 Å². The van der Waals surface area contributed by atoms with Gasteiger partial charge in [0, 0.05) is 18.9 Å². The van der Waals surface area contributed by atoms with Crippen molar-refractivity contribution >= 4 is 6.09 Å². The molecule has 1 saturated heterocycles. The lowest BCUT2D eigenvalue weighted by Gasteiger charge is -2.35. The monoisotopic (exact) mass is 306 g/mol. The van der Waals surface area contributed by atoms with Crippen molar-refractivity contribution in [2.24, 2.45) is 0 Å². The number of ether oxygens (including phenoxy) is 3. The quantitative estimate of drug-likeness (QED) is 0.834. The van der Waals surface area contributed by atoms with E-state index < -0.39 is 6.09 Å². The largest absolute Gasteiger partial charge is 0.444 e. The standard InChI is InChI=1S/C16H22N2O4/c19-15(20-12-13-4-2-1-3-5-13)18-17-14-6-8-16(9-7-14)21-10-11-22-16/h1-5,14,17H,6-12H2,(H,18,19). The van der Waals surface area contributed by atoms with E-state index in [9.17, 15) is 4.79 Å². The zero-order valence-electron chi connectivity index (χ0n) is 12.5. The Balaban J connectivity index is 1.34. The maximum atomic E-state index is 11.7. The molecule has 2 fully saturated rings.